The summed E-state index contributed by atoms with van der Waals surface area (Å²) in [6, 6.07) is 28.3. The molecular formula is C26H21NO3. The van der Waals surface area contributed by atoms with E-state index in [0.29, 0.717) is 12.1 Å². The van der Waals surface area contributed by atoms with Crippen LogP contribution in [0.2, 0.25) is 0 Å². The van der Waals surface area contributed by atoms with Gasteiger partial charge in [0.25, 0.3) is 5.91 Å². The zero-order chi connectivity index (χ0) is 20.7. The van der Waals surface area contributed by atoms with E-state index in [1.807, 2.05) is 78.9 Å². The first-order chi connectivity index (χ1) is 14.6. The molecule has 2 fully saturated rings. The molecule has 1 saturated heterocycles. The monoisotopic (exact) mass is 395 g/mol. The van der Waals surface area contributed by atoms with Crippen LogP contribution in [-0.4, -0.2) is 28.9 Å². The Kier molecular flexibility index (Phi) is 4.35. The lowest BCUT2D eigenvalue weighted by atomic mass is 9.95. The van der Waals surface area contributed by atoms with Crippen LogP contribution in [0.1, 0.15) is 27.4 Å². The van der Waals surface area contributed by atoms with Gasteiger partial charge in [0.15, 0.2) is 5.78 Å². The number of amides is 1. The highest BCUT2D eigenvalue weighted by atomic mass is 16.2. The van der Waals surface area contributed by atoms with E-state index in [1.165, 1.54) is 0 Å². The Balaban J connectivity index is 1.52. The second-order valence-corrected chi connectivity index (χ2v) is 8.11. The molecule has 0 unspecified atom stereocenters. The molecule has 148 valence electrons. The summed E-state index contributed by atoms with van der Waals surface area (Å²) in [6.45, 7) is 0.656. The summed E-state index contributed by atoms with van der Waals surface area (Å²) in [4.78, 5) is 41.2. The number of rotatable bonds is 5. The molecule has 4 heteroatoms. The van der Waals surface area contributed by atoms with Crippen molar-refractivity contribution in [1.82, 2.24) is 4.90 Å². The molecule has 5 rings (SSSR count). The molecule has 4 nitrogen and oxygen atoms in total. The first-order valence-electron chi connectivity index (χ1n) is 10.1. The third kappa shape index (κ3) is 2.79. The minimum atomic E-state index is -0.972. The van der Waals surface area contributed by atoms with E-state index < -0.39 is 23.0 Å². The number of carbonyl (C=O) groups is 3. The average Bonchev–Trinajstić information content (AvgIpc) is 3.41. The quantitative estimate of drug-likeness (QED) is 0.487. The van der Waals surface area contributed by atoms with Crippen LogP contribution in [-0.2, 0) is 16.1 Å². The third-order valence-electron chi connectivity index (χ3n) is 6.41. The van der Waals surface area contributed by atoms with Crippen molar-refractivity contribution in [2.24, 2.45) is 11.3 Å². The molecule has 0 N–H and O–H groups in total. The van der Waals surface area contributed by atoms with Gasteiger partial charge in [-0.3, -0.25) is 14.4 Å². The number of carbonyl (C=O) groups excluding carboxylic acids is 3. The van der Waals surface area contributed by atoms with Crippen LogP contribution >= 0.6 is 0 Å². The van der Waals surface area contributed by atoms with Crippen molar-refractivity contribution >= 4 is 17.5 Å². The van der Waals surface area contributed by atoms with Crippen LogP contribution in [0.15, 0.2) is 91.0 Å². The molecule has 0 radical (unpaired) electrons. The predicted molar refractivity (Wildman–Crippen MR) is 113 cm³/mol. The zero-order valence-electron chi connectivity index (χ0n) is 16.4. The van der Waals surface area contributed by atoms with Crippen LogP contribution in [0.25, 0.3) is 0 Å². The van der Waals surface area contributed by atoms with Gasteiger partial charge in [-0.1, -0.05) is 91.0 Å². The summed E-state index contributed by atoms with van der Waals surface area (Å²) < 4.78 is 0. The molecule has 1 aliphatic carbocycles. The van der Waals surface area contributed by atoms with Gasteiger partial charge in [-0.15, -0.1) is 0 Å². The van der Waals surface area contributed by atoms with Crippen molar-refractivity contribution in [3.05, 3.63) is 108 Å². The van der Waals surface area contributed by atoms with Crippen LogP contribution in [0.3, 0.4) is 0 Å². The van der Waals surface area contributed by atoms with E-state index in [9.17, 15) is 14.4 Å². The Morgan fingerprint density at radius 1 is 0.833 bits per heavy atom. The van der Waals surface area contributed by atoms with E-state index in [0.717, 1.165) is 11.1 Å². The van der Waals surface area contributed by atoms with Crippen molar-refractivity contribution in [3.8, 4) is 0 Å². The molecule has 1 aliphatic heterocycles. The number of Topliss-reactive ketones (excluding diaryl/α,β-unsaturated/α-hetero) is 2. The smallest absolute Gasteiger partial charge is 0.290 e. The van der Waals surface area contributed by atoms with Crippen molar-refractivity contribution in [3.63, 3.8) is 0 Å². The summed E-state index contributed by atoms with van der Waals surface area (Å²) in [7, 11) is 0. The largest absolute Gasteiger partial charge is 0.331 e. The van der Waals surface area contributed by atoms with Crippen molar-refractivity contribution in [2.75, 3.05) is 6.54 Å². The Morgan fingerprint density at radius 3 is 2.03 bits per heavy atom. The first-order valence-corrected chi connectivity index (χ1v) is 10.1. The standard InChI is InChI=1S/C26H21NO3/c28-23(20-14-8-3-9-15-20)22-21(19-12-6-2-7-13-19)26(22)17-27(25(30)24(26)29)16-18-10-4-1-5-11-18/h1-15,21-22H,16-17H2/t21-,22+,26-/m0/s1. The van der Waals surface area contributed by atoms with Crippen LogP contribution in [0.4, 0.5) is 0 Å². The lowest BCUT2D eigenvalue weighted by Crippen LogP contribution is -2.26. The van der Waals surface area contributed by atoms with Gasteiger partial charge in [0.2, 0.25) is 5.78 Å². The molecule has 1 saturated carbocycles. The SMILES string of the molecule is O=C(c1ccccc1)[C@H]1[C@H](c2ccccc2)[C@@]12CN(Cc1ccccc1)C(=O)C2=O. The van der Waals surface area contributed by atoms with Gasteiger partial charge in [0, 0.05) is 30.5 Å². The topological polar surface area (TPSA) is 54.5 Å². The lowest BCUT2D eigenvalue weighted by Gasteiger charge is -2.16. The number of hydrogen-bond acceptors (Lipinski definition) is 3. The summed E-state index contributed by atoms with van der Waals surface area (Å²) in [6.07, 6.45) is 0. The molecule has 0 aromatic heterocycles. The lowest BCUT2D eigenvalue weighted by molar-refractivity contribution is -0.141. The number of hydrogen-bond donors (Lipinski definition) is 0. The van der Waals surface area contributed by atoms with Crippen LogP contribution in [0.5, 0.6) is 0 Å². The van der Waals surface area contributed by atoms with Gasteiger partial charge < -0.3 is 4.90 Å². The van der Waals surface area contributed by atoms with E-state index in [1.54, 1.807) is 17.0 Å². The molecule has 1 heterocycles. The van der Waals surface area contributed by atoms with Gasteiger partial charge in [-0.05, 0) is 11.1 Å². The van der Waals surface area contributed by atoms with Crippen molar-refractivity contribution in [1.29, 1.82) is 0 Å². The minimum absolute atomic E-state index is 0.0628. The van der Waals surface area contributed by atoms with E-state index in [4.69, 9.17) is 0 Å². The molecule has 0 bridgehead atoms. The van der Waals surface area contributed by atoms with Crippen LogP contribution < -0.4 is 0 Å². The summed E-state index contributed by atoms with van der Waals surface area (Å²) in [5, 5.41) is 0. The fraction of sp³-hybridized carbons (Fsp3) is 0.192. The highest BCUT2D eigenvalue weighted by Crippen LogP contribution is 2.68. The second-order valence-electron chi connectivity index (χ2n) is 8.11. The third-order valence-corrected chi connectivity index (χ3v) is 6.41. The number of benzene rings is 3. The molecule has 3 aromatic rings. The van der Waals surface area contributed by atoms with Gasteiger partial charge >= 0.3 is 0 Å². The fourth-order valence-electron chi connectivity index (χ4n) is 4.97. The molecular weight excluding hydrogens is 374 g/mol. The number of likely N-dealkylation sites (tertiary alicyclic amines) is 1. The number of nitrogens with zero attached hydrogens (tertiary/aromatic N) is 1. The normalized spacial score (nSPS) is 25.0. The second kappa shape index (κ2) is 7.06. The first kappa shape index (κ1) is 18.5. The van der Waals surface area contributed by atoms with Gasteiger partial charge in [-0.2, -0.15) is 0 Å². The van der Waals surface area contributed by atoms with Gasteiger partial charge in [0.1, 0.15) is 0 Å². The molecule has 1 amide bonds. The van der Waals surface area contributed by atoms with Crippen molar-refractivity contribution < 1.29 is 14.4 Å². The van der Waals surface area contributed by atoms with Gasteiger partial charge in [0.05, 0.1) is 5.41 Å². The molecule has 1 spiro atoms. The van der Waals surface area contributed by atoms with Gasteiger partial charge in [-0.25, -0.2) is 0 Å². The average molecular weight is 395 g/mol. The van der Waals surface area contributed by atoms with Crippen molar-refractivity contribution in [2.45, 2.75) is 12.5 Å². The maximum Gasteiger partial charge on any atom is 0.290 e. The number of ketones is 2. The summed E-state index contributed by atoms with van der Waals surface area (Å²) in [5.74, 6) is -1.76. The Morgan fingerprint density at radius 2 is 1.40 bits per heavy atom. The highest BCUT2D eigenvalue weighted by molar-refractivity contribution is 6.42. The van der Waals surface area contributed by atoms with E-state index in [2.05, 4.69) is 0 Å². The maximum atomic E-state index is 13.4. The minimum Gasteiger partial charge on any atom is -0.331 e. The summed E-state index contributed by atoms with van der Waals surface area (Å²) in [5.41, 5.74) is 1.52. The molecule has 30 heavy (non-hydrogen) atoms. The molecule has 3 aromatic carbocycles. The van der Waals surface area contributed by atoms with Crippen LogP contribution in [0, 0.1) is 11.3 Å². The van der Waals surface area contributed by atoms with E-state index >= 15 is 0 Å². The van der Waals surface area contributed by atoms with E-state index in [-0.39, 0.29) is 18.2 Å². The molecule has 3 atom stereocenters. The Hall–Kier alpha value is -3.53. The Bertz CT molecular complexity index is 1110. The molecule has 2 aliphatic rings. The fourth-order valence-corrected chi connectivity index (χ4v) is 4.97. The summed E-state index contributed by atoms with van der Waals surface area (Å²) >= 11 is 0. The zero-order valence-corrected chi connectivity index (χ0v) is 16.4. The highest BCUT2D eigenvalue weighted by Gasteiger charge is 2.76. The predicted octanol–water partition coefficient (Wildman–Crippen LogP) is 3.88. The maximum absolute atomic E-state index is 13.4. The Labute approximate surface area is 175 Å².